The van der Waals surface area contributed by atoms with Gasteiger partial charge in [-0.2, -0.15) is 8.42 Å². The number of fused-ring (bicyclic) bond motifs is 1. The van der Waals surface area contributed by atoms with Crippen molar-refractivity contribution in [3.8, 4) is 0 Å². The Kier molecular flexibility index (Phi) is 5.37. The zero-order valence-corrected chi connectivity index (χ0v) is 15.3. The number of sulfonamides is 1. The minimum absolute atomic E-state index is 0.0646. The zero-order valence-electron chi connectivity index (χ0n) is 14.5. The number of benzene rings is 2. The Bertz CT molecular complexity index is 935. The van der Waals surface area contributed by atoms with E-state index < -0.39 is 10.0 Å². The lowest BCUT2D eigenvalue weighted by molar-refractivity contribution is -0.121. The average Bonchev–Trinajstić information content (AvgIpc) is 2.61. The van der Waals surface area contributed by atoms with Crippen LogP contribution in [0.4, 0.5) is 5.69 Å². The maximum Gasteiger partial charge on any atom is 0.286 e. The predicted molar refractivity (Wildman–Crippen MR) is 102 cm³/mol. The third kappa shape index (κ3) is 4.49. The van der Waals surface area contributed by atoms with E-state index in [4.69, 9.17) is 0 Å². The van der Waals surface area contributed by atoms with Crippen LogP contribution < -0.4 is 10.6 Å². The Labute approximate surface area is 153 Å². The molecule has 6 nitrogen and oxygen atoms in total. The van der Waals surface area contributed by atoms with E-state index in [1.54, 1.807) is 18.2 Å². The van der Waals surface area contributed by atoms with E-state index in [0.29, 0.717) is 37.3 Å². The second-order valence-corrected chi connectivity index (χ2v) is 7.82. The van der Waals surface area contributed by atoms with Crippen molar-refractivity contribution in [2.75, 3.05) is 5.32 Å². The lowest BCUT2D eigenvalue weighted by atomic mass is 10.1. The van der Waals surface area contributed by atoms with Crippen LogP contribution in [0.2, 0.25) is 0 Å². The monoisotopic (exact) mass is 371 g/mol. The molecule has 7 heteroatoms. The van der Waals surface area contributed by atoms with Crippen LogP contribution in [-0.4, -0.2) is 20.2 Å². The number of amides is 1. The van der Waals surface area contributed by atoms with Crippen molar-refractivity contribution < 1.29 is 13.2 Å². The SMILES string of the molecule is Cc1ccc(CNC(=O)CCCC2=NS(=O)(=O)c3ccccc3N2)cc1. The average molecular weight is 371 g/mol. The molecule has 1 amide bonds. The second kappa shape index (κ2) is 7.70. The van der Waals surface area contributed by atoms with Crippen molar-refractivity contribution in [2.45, 2.75) is 37.6 Å². The summed E-state index contributed by atoms with van der Waals surface area (Å²) in [5, 5.41) is 5.90. The van der Waals surface area contributed by atoms with Crippen LogP contribution in [0.15, 0.2) is 57.8 Å². The summed E-state index contributed by atoms with van der Waals surface area (Å²) in [6.45, 7) is 2.50. The first-order chi connectivity index (χ1) is 12.4. The minimum Gasteiger partial charge on any atom is -0.352 e. The molecule has 0 fully saturated rings. The third-order valence-electron chi connectivity index (χ3n) is 4.10. The molecule has 3 rings (SSSR count). The van der Waals surface area contributed by atoms with Crippen LogP contribution in [-0.2, 0) is 21.4 Å². The highest BCUT2D eigenvalue weighted by Gasteiger charge is 2.23. The van der Waals surface area contributed by atoms with Crippen molar-refractivity contribution >= 4 is 27.5 Å². The molecular weight excluding hydrogens is 350 g/mol. The molecule has 0 bridgehead atoms. The van der Waals surface area contributed by atoms with E-state index in [0.717, 1.165) is 5.56 Å². The minimum atomic E-state index is -3.67. The van der Waals surface area contributed by atoms with Gasteiger partial charge in [0.2, 0.25) is 5.91 Å². The topological polar surface area (TPSA) is 87.6 Å². The summed E-state index contributed by atoms with van der Waals surface area (Å²) >= 11 is 0. The van der Waals surface area contributed by atoms with Crippen LogP contribution in [0.5, 0.6) is 0 Å². The van der Waals surface area contributed by atoms with Crippen molar-refractivity contribution in [1.82, 2.24) is 5.32 Å². The van der Waals surface area contributed by atoms with E-state index in [2.05, 4.69) is 15.0 Å². The van der Waals surface area contributed by atoms with Gasteiger partial charge < -0.3 is 10.6 Å². The van der Waals surface area contributed by atoms with Gasteiger partial charge in [-0.25, -0.2) is 0 Å². The van der Waals surface area contributed by atoms with Crippen LogP contribution >= 0.6 is 0 Å². The summed E-state index contributed by atoms with van der Waals surface area (Å²) in [6.07, 6.45) is 1.23. The molecule has 1 aliphatic rings. The fourth-order valence-corrected chi connectivity index (χ4v) is 3.86. The number of nitrogens with one attached hydrogen (secondary N) is 2. The lowest BCUT2D eigenvalue weighted by Gasteiger charge is -2.17. The number of anilines is 1. The van der Waals surface area contributed by atoms with Crippen LogP contribution in [0.25, 0.3) is 0 Å². The number of aryl methyl sites for hydroxylation is 1. The van der Waals surface area contributed by atoms with Gasteiger partial charge in [0.25, 0.3) is 10.0 Å². The molecule has 0 spiro atoms. The first kappa shape index (κ1) is 18.1. The van der Waals surface area contributed by atoms with Gasteiger partial charge in [-0.1, -0.05) is 42.0 Å². The van der Waals surface area contributed by atoms with Crippen LogP contribution in [0.1, 0.15) is 30.4 Å². The molecule has 1 aliphatic heterocycles. The predicted octanol–water partition coefficient (Wildman–Crippen LogP) is 2.99. The van der Waals surface area contributed by atoms with E-state index >= 15 is 0 Å². The quantitative estimate of drug-likeness (QED) is 0.817. The van der Waals surface area contributed by atoms with Crippen molar-refractivity contribution in [3.63, 3.8) is 0 Å². The standard InChI is InChI=1S/C19H21N3O3S/c1-14-9-11-15(12-10-14)13-20-19(23)8-4-7-18-21-16-5-2-3-6-17(16)26(24,25)22-18/h2-3,5-6,9-12H,4,7-8,13H2,1H3,(H,20,23)(H,21,22). The van der Waals surface area contributed by atoms with Gasteiger partial charge in [-0.3, -0.25) is 4.79 Å². The van der Waals surface area contributed by atoms with Gasteiger partial charge in [0.15, 0.2) is 0 Å². The fraction of sp³-hybridized carbons (Fsp3) is 0.263. The number of rotatable bonds is 6. The number of hydrogen-bond donors (Lipinski definition) is 2. The molecule has 0 saturated carbocycles. The van der Waals surface area contributed by atoms with E-state index in [9.17, 15) is 13.2 Å². The molecule has 2 N–H and O–H groups in total. The molecule has 26 heavy (non-hydrogen) atoms. The van der Waals surface area contributed by atoms with Gasteiger partial charge in [0.05, 0.1) is 5.69 Å². The van der Waals surface area contributed by atoms with Gasteiger partial charge >= 0.3 is 0 Å². The fourth-order valence-electron chi connectivity index (χ4n) is 2.69. The molecular formula is C19H21N3O3S. The molecule has 0 aromatic heterocycles. The van der Waals surface area contributed by atoms with Gasteiger partial charge in [0, 0.05) is 19.4 Å². The Hall–Kier alpha value is -2.67. The molecule has 0 aliphatic carbocycles. The smallest absolute Gasteiger partial charge is 0.286 e. The number of amidine groups is 1. The second-order valence-electron chi connectivity index (χ2n) is 6.25. The molecule has 0 unspecified atom stereocenters. The van der Waals surface area contributed by atoms with Gasteiger partial charge in [0.1, 0.15) is 10.7 Å². The normalized spacial score (nSPS) is 14.7. The van der Waals surface area contributed by atoms with Crippen LogP contribution in [0.3, 0.4) is 0 Å². The number of carbonyl (C=O) groups is 1. The molecule has 2 aromatic carbocycles. The Morgan fingerprint density at radius 1 is 1.12 bits per heavy atom. The number of carbonyl (C=O) groups excluding carboxylic acids is 1. The highest BCUT2D eigenvalue weighted by Crippen LogP contribution is 2.27. The summed E-state index contributed by atoms with van der Waals surface area (Å²) in [5.74, 6) is 0.306. The molecule has 0 saturated heterocycles. The maximum atomic E-state index is 12.2. The Morgan fingerprint density at radius 2 is 1.85 bits per heavy atom. The molecule has 1 heterocycles. The highest BCUT2D eigenvalue weighted by molar-refractivity contribution is 7.90. The van der Waals surface area contributed by atoms with E-state index in [-0.39, 0.29) is 10.8 Å². The Balaban J connectivity index is 1.48. The highest BCUT2D eigenvalue weighted by atomic mass is 32.2. The first-order valence-electron chi connectivity index (χ1n) is 8.46. The van der Waals surface area contributed by atoms with Crippen molar-refractivity contribution in [3.05, 3.63) is 59.7 Å². The van der Waals surface area contributed by atoms with Gasteiger partial charge in [-0.15, -0.1) is 4.40 Å². The summed E-state index contributed by atoms with van der Waals surface area (Å²) in [5.41, 5.74) is 2.75. The summed E-state index contributed by atoms with van der Waals surface area (Å²) < 4.78 is 28.1. The van der Waals surface area contributed by atoms with E-state index in [1.165, 1.54) is 11.6 Å². The van der Waals surface area contributed by atoms with E-state index in [1.807, 2.05) is 31.2 Å². The first-order valence-corrected chi connectivity index (χ1v) is 9.90. The lowest BCUT2D eigenvalue weighted by Crippen LogP contribution is -2.24. The number of hydrogen-bond acceptors (Lipinski definition) is 4. The molecule has 0 atom stereocenters. The van der Waals surface area contributed by atoms with Crippen LogP contribution in [0, 0.1) is 6.92 Å². The molecule has 2 aromatic rings. The number of para-hydroxylation sites is 1. The van der Waals surface area contributed by atoms with Gasteiger partial charge in [-0.05, 0) is 31.0 Å². The summed E-state index contributed by atoms with van der Waals surface area (Å²) in [4.78, 5) is 12.1. The maximum absolute atomic E-state index is 12.2. The van der Waals surface area contributed by atoms with Crippen molar-refractivity contribution in [2.24, 2.45) is 4.40 Å². The summed E-state index contributed by atoms with van der Waals surface area (Å²) in [7, 11) is -3.67. The number of nitrogens with zero attached hydrogens (tertiary/aromatic N) is 1. The Morgan fingerprint density at radius 3 is 2.62 bits per heavy atom. The molecule has 136 valence electrons. The van der Waals surface area contributed by atoms with Crippen molar-refractivity contribution in [1.29, 1.82) is 0 Å². The molecule has 0 radical (unpaired) electrons. The third-order valence-corrected chi connectivity index (χ3v) is 5.47. The zero-order chi connectivity index (χ0) is 18.6. The summed E-state index contributed by atoms with van der Waals surface area (Å²) in [6, 6.07) is 14.6. The largest absolute Gasteiger partial charge is 0.352 e.